The molecule has 0 aliphatic carbocycles. The zero-order chi connectivity index (χ0) is 29.4. The van der Waals surface area contributed by atoms with Crippen LogP contribution in [-0.2, 0) is 27.4 Å². The molecule has 3 atom stereocenters. The van der Waals surface area contributed by atoms with Gasteiger partial charge in [-0.2, -0.15) is 0 Å². The summed E-state index contributed by atoms with van der Waals surface area (Å²) in [5.74, 6) is -1.56. The standard InChI is InChI=1S/C31H38BN3O6/c1-21(2)17-26(34-31(38)41-20-22-9-4-3-5-10-22)29(36)33-27(30(37)35-16-8-13-28(35)32(39)40)19-23-14-15-24-11-6-7-12-25(24)18-23/h3-7,9-12,14-15,18,21,26-28,39-40H,8,13,16-17,19-20H2,1-2H3,(H,33,36)(H,34,38). The van der Waals surface area contributed by atoms with Crippen molar-refractivity contribution in [1.29, 1.82) is 0 Å². The van der Waals surface area contributed by atoms with Crippen molar-refractivity contribution in [3.8, 4) is 0 Å². The molecule has 41 heavy (non-hydrogen) atoms. The molecule has 1 aliphatic rings. The lowest BCUT2D eigenvalue weighted by molar-refractivity contribution is -0.137. The van der Waals surface area contributed by atoms with Gasteiger partial charge in [0.1, 0.15) is 18.7 Å². The molecule has 216 valence electrons. The van der Waals surface area contributed by atoms with Crippen LogP contribution < -0.4 is 10.6 Å². The Hall–Kier alpha value is -3.89. The van der Waals surface area contributed by atoms with Crippen molar-refractivity contribution >= 4 is 35.8 Å². The van der Waals surface area contributed by atoms with Crippen molar-refractivity contribution in [2.75, 3.05) is 6.54 Å². The lowest BCUT2D eigenvalue weighted by atomic mass is 9.77. The van der Waals surface area contributed by atoms with Gasteiger partial charge >= 0.3 is 13.2 Å². The van der Waals surface area contributed by atoms with Crippen LogP contribution in [0, 0.1) is 5.92 Å². The highest BCUT2D eigenvalue weighted by molar-refractivity contribution is 6.43. The molecule has 3 aromatic carbocycles. The average Bonchev–Trinajstić information content (AvgIpc) is 3.46. The van der Waals surface area contributed by atoms with Gasteiger partial charge in [-0.15, -0.1) is 0 Å². The van der Waals surface area contributed by atoms with Crippen molar-refractivity contribution in [3.63, 3.8) is 0 Å². The average molecular weight is 559 g/mol. The second-order valence-electron chi connectivity index (χ2n) is 11.0. The fourth-order valence-electron chi connectivity index (χ4n) is 5.26. The van der Waals surface area contributed by atoms with E-state index in [9.17, 15) is 24.4 Å². The van der Waals surface area contributed by atoms with E-state index in [1.54, 1.807) is 0 Å². The van der Waals surface area contributed by atoms with Crippen molar-refractivity contribution < 1.29 is 29.2 Å². The van der Waals surface area contributed by atoms with Crippen LogP contribution in [0.15, 0.2) is 72.8 Å². The number of amides is 3. The Bertz CT molecular complexity index is 1340. The molecule has 1 aliphatic heterocycles. The summed E-state index contributed by atoms with van der Waals surface area (Å²) in [7, 11) is -1.67. The Balaban J connectivity index is 1.52. The van der Waals surface area contributed by atoms with E-state index >= 15 is 0 Å². The number of nitrogens with zero attached hydrogens (tertiary/aromatic N) is 1. The van der Waals surface area contributed by atoms with Gasteiger partial charge in [-0.1, -0.05) is 86.6 Å². The highest BCUT2D eigenvalue weighted by Crippen LogP contribution is 2.22. The Morgan fingerprint density at radius 3 is 2.34 bits per heavy atom. The lowest BCUT2D eigenvalue weighted by Gasteiger charge is -2.30. The number of alkyl carbamates (subject to hydrolysis) is 1. The van der Waals surface area contributed by atoms with Crippen LogP contribution in [0.4, 0.5) is 4.79 Å². The monoisotopic (exact) mass is 559 g/mol. The molecule has 10 heteroatoms. The normalized spacial score (nSPS) is 16.3. The lowest BCUT2D eigenvalue weighted by Crippen LogP contribution is -2.57. The number of ether oxygens (including phenoxy) is 1. The molecule has 3 aromatic rings. The number of benzene rings is 3. The number of carbonyl (C=O) groups is 3. The van der Waals surface area contributed by atoms with Crippen molar-refractivity contribution in [1.82, 2.24) is 15.5 Å². The fourth-order valence-corrected chi connectivity index (χ4v) is 5.26. The summed E-state index contributed by atoms with van der Waals surface area (Å²) in [5, 5.41) is 27.4. The van der Waals surface area contributed by atoms with E-state index in [0.29, 0.717) is 25.8 Å². The first-order valence-electron chi connectivity index (χ1n) is 14.1. The molecule has 0 spiro atoms. The smallest absolute Gasteiger partial charge is 0.445 e. The van der Waals surface area contributed by atoms with E-state index in [2.05, 4.69) is 10.6 Å². The fraction of sp³-hybridized carbons (Fsp3) is 0.387. The van der Waals surface area contributed by atoms with Crippen LogP contribution in [0.1, 0.15) is 44.2 Å². The van der Waals surface area contributed by atoms with Gasteiger partial charge in [-0.3, -0.25) is 9.59 Å². The molecule has 9 nitrogen and oxygen atoms in total. The van der Waals surface area contributed by atoms with E-state index in [1.807, 2.05) is 86.6 Å². The van der Waals surface area contributed by atoms with Gasteiger partial charge in [-0.05, 0) is 47.1 Å². The van der Waals surface area contributed by atoms with Crippen LogP contribution in [0.25, 0.3) is 10.8 Å². The molecule has 0 bridgehead atoms. The van der Waals surface area contributed by atoms with Crippen molar-refractivity contribution in [3.05, 3.63) is 83.9 Å². The van der Waals surface area contributed by atoms with Crippen LogP contribution in [-0.4, -0.2) is 64.5 Å². The molecular weight excluding hydrogens is 521 g/mol. The first-order chi connectivity index (χ1) is 19.7. The van der Waals surface area contributed by atoms with Gasteiger partial charge < -0.3 is 30.3 Å². The number of fused-ring (bicyclic) bond motifs is 1. The summed E-state index contributed by atoms with van der Waals surface area (Å²) in [6.45, 7) is 4.30. The van der Waals surface area contributed by atoms with Crippen LogP contribution in [0.3, 0.4) is 0 Å². The summed E-state index contributed by atoms with van der Waals surface area (Å²) in [6, 6.07) is 21.1. The number of likely N-dealkylation sites (tertiary alicyclic amines) is 1. The van der Waals surface area contributed by atoms with Gasteiger partial charge in [0.05, 0.1) is 5.94 Å². The van der Waals surface area contributed by atoms with E-state index in [-0.39, 0.29) is 18.9 Å². The Kier molecular flexibility index (Phi) is 10.4. The van der Waals surface area contributed by atoms with Crippen molar-refractivity contribution in [2.24, 2.45) is 5.92 Å². The zero-order valence-electron chi connectivity index (χ0n) is 23.5. The molecule has 1 heterocycles. The minimum Gasteiger partial charge on any atom is -0.445 e. The quantitative estimate of drug-likeness (QED) is 0.267. The molecule has 3 amide bonds. The minimum absolute atomic E-state index is 0.0611. The third-order valence-electron chi connectivity index (χ3n) is 7.32. The molecule has 1 saturated heterocycles. The second kappa shape index (κ2) is 14.1. The maximum atomic E-state index is 13.8. The molecule has 1 fully saturated rings. The summed E-state index contributed by atoms with van der Waals surface area (Å²) in [6.07, 6.45) is 0.910. The molecule has 0 radical (unpaired) electrons. The Morgan fingerprint density at radius 1 is 0.927 bits per heavy atom. The molecule has 4 rings (SSSR count). The minimum atomic E-state index is -1.67. The molecule has 3 unspecified atom stereocenters. The Labute approximate surface area is 241 Å². The van der Waals surface area contributed by atoms with E-state index < -0.39 is 43.1 Å². The van der Waals surface area contributed by atoms with Crippen LogP contribution in [0.5, 0.6) is 0 Å². The molecular formula is C31H38BN3O6. The van der Waals surface area contributed by atoms with E-state index in [4.69, 9.17) is 4.74 Å². The Morgan fingerprint density at radius 2 is 1.63 bits per heavy atom. The SMILES string of the molecule is CC(C)CC(NC(=O)OCc1ccccc1)C(=O)NC(Cc1ccc2ccccc2c1)C(=O)N1CCCC1B(O)O. The highest BCUT2D eigenvalue weighted by Gasteiger charge is 2.40. The van der Waals surface area contributed by atoms with Crippen molar-refractivity contribution in [2.45, 2.75) is 64.2 Å². The van der Waals surface area contributed by atoms with Crippen LogP contribution >= 0.6 is 0 Å². The summed E-state index contributed by atoms with van der Waals surface area (Å²) in [5.41, 5.74) is 1.66. The van der Waals surface area contributed by atoms with Gasteiger partial charge in [0, 0.05) is 13.0 Å². The highest BCUT2D eigenvalue weighted by atomic mass is 16.5. The molecule has 0 saturated carbocycles. The summed E-state index contributed by atoms with van der Waals surface area (Å²) in [4.78, 5) is 41.4. The van der Waals surface area contributed by atoms with Gasteiger partial charge in [0.2, 0.25) is 11.8 Å². The first kappa shape index (κ1) is 30.1. The third kappa shape index (κ3) is 8.31. The number of carbonyl (C=O) groups excluding carboxylic acids is 3. The molecule has 0 aromatic heterocycles. The first-order valence-corrected chi connectivity index (χ1v) is 14.1. The van der Waals surface area contributed by atoms with Gasteiger partial charge in [-0.25, -0.2) is 4.79 Å². The number of hydrogen-bond acceptors (Lipinski definition) is 6. The number of nitrogens with one attached hydrogen (secondary N) is 2. The van der Waals surface area contributed by atoms with Gasteiger partial charge in [0.25, 0.3) is 0 Å². The number of rotatable bonds is 11. The maximum absolute atomic E-state index is 13.8. The topological polar surface area (TPSA) is 128 Å². The maximum Gasteiger partial charge on any atom is 0.475 e. The predicted octanol–water partition coefficient (Wildman–Crippen LogP) is 3.21. The summed E-state index contributed by atoms with van der Waals surface area (Å²) >= 11 is 0. The third-order valence-corrected chi connectivity index (χ3v) is 7.32. The number of hydrogen-bond donors (Lipinski definition) is 4. The largest absolute Gasteiger partial charge is 0.475 e. The predicted molar refractivity (Wildman–Crippen MR) is 158 cm³/mol. The zero-order valence-corrected chi connectivity index (χ0v) is 23.5. The molecule has 4 N–H and O–H groups in total. The van der Waals surface area contributed by atoms with Gasteiger partial charge in [0.15, 0.2) is 0 Å². The second-order valence-corrected chi connectivity index (χ2v) is 11.0. The van der Waals surface area contributed by atoms with E-state index in [1.165, 1.54) is 4.90 Å². The summed E-state index contributed by atoms with van der Waals surface area (Å²) < 4.78 is 5.34. The van der Waals surface area contributed by atoms with Crippen LogP contribution in [0.2, 0.25) is 0 Å². The van der Waals surface area contributed by atoms with E-state index in [0.717, 1.165) is 21.9 Å².